The van der Waals surface area contributed by atoms with Crippen molar-refractivity contribution < 1.29 is 28.7 Å². The summed E-state index contributed by atoms with van der Waals surface area (Å²) in [5.74, 6) is -2.67. The van der Waals surface area contributed by atoms with E-state index in [0.717, 1.165) is 25.7 Å². The first-order chi connectivity index (χ1) is 19.4. The van der Waals surface area contributed by atoms with Gasteiger partial charge in [0.15, 0.2) is 0 Å². The second-order valence-electron chi connectivity index (χ2n) is 11.4. The van der Waals surface area contributed by atoms with Crippen LogP contribution in [-0.2, 0) is 28.7 Å². The Morgan fingerprint density at radius 2 is 0.756 bits per heavy atom. The minimum absolute atomic E-state index is 0. The van der Waals surface area contributed by atoms with Gasteiger partial charge in [0.2, 0.25) is 0 Å². The number of esters is 4. The quantitative estimate of drug-likeness (QED) is 0.0425. The Balaban J connectivity index is 0. The van der Waals surface area contributed by atoms with Crippen molar-refractivity contribution >= 4 is 53.4 Å². The predicted octanol–water partition coefficient (Wildman–Crippen LogP) is 7.99. The van der Waals surface area contributed by atoms with Gasteiger partial charge in [-0.25, -0.2) is 4.79 Å². The molecule has 41 heavy (non-hydrogen) atoms. The molecule has 0 aliphatic carbocycles. The molecule has 0 unspecified atom stereocenters. The van der Waals surface area contributed by atoms with Crippen molar-refractivity contribution in [1.82, 2.24) is 0 Å². The van der Waals surface area contributed by atoms with Gasteiger partial charge in [-0.15, -0.1) is 0 Å². The van der Waals surface area contributed by atoms with E-state index in [2.05, 4.69) is 13.8 Å². The van der Waals surface area contributed by atoms with Gasteiger partial charge in [-0.3, -0.25) is 14.4 Å². The van der Waals surface area contributed by atoms with Crippen LogP contribution in [0.4, 0.5) is 0 Å². The Kier molecular flexibility index (Phi) is 33.2. The normalized spacial score (nSPS) is 11.5. The fourth-order valence-electron chi connectivity index (χ4n) is 4.73. The summed E-state index contributed by atoms with van der Waals surface area (Å²) >= 11 is 0. The summed E-state index contributed by atoms with van der Waals surface area (Å²) in [6, 6.07) is -1.10. The van der Waals surface area contributed by atoms with Gasteiger partial charge in [0.25, 0.3) is 0 Å². The van der Waals surface area contributed by atoms with Crippen LogP contribution in [0.5, 0.6) is 0 Å². The Labute approximate surface area is 273 Å². The van der Waals surface area contributed by atoms with Crippen molar-refractivity contribution in [1.29, 1.82) is 0 Å². The molecule has 0 aromatic rings. The van der Waals surface area contributed by atoms with Crippen molar-refractivity contribution in [2.75, 3.05) is 0 Å². The van der Waals surface area contributed by atoms with E-state index in [1.807, 2.05) is 0 Å². The Morgan fingerprint density at radius 3 is 1.12 bits per heavy atom. The molecular formula is C33H62NNaO6. The van der Waals surface area contributed by atoms with Crippen LogP contribution >= 0.6 is 0 Å². The zero-order valence-corrected chi connectivity index (χ0v) is 26.0. The Morgan fingerprint density at radius 1 is 0.463 bits per heavy atom. The van der Waals surface area contributed by atoms with Gasteiger partial charge in [-0.1, -0.05) is 142 Å². The molecule has 0 radical (unpaired) electrons. The second-order valence-corrected chi connectivity index (χ2v) is 11.4. The van der Waals surface area contributed by atoms with E-state index in [1.165, 1.54) is 103 Å². The molecule has 0 aromatic heterocycles. The molecule has 8 heteroatoms. The van der Waals surface area contributed by atoms with Gasteiger partial charge >= 0.3 is 53.4 Å². The molecule has 0 spiro atoms. The van der Waals surface area contributed by atoms with Crippen molar-refractivity contribution in [3.8, 4) is 0 Å². The van der Waals surface area contributed by atoms with Crippen LogP contribution in [0.15, 0.2) is 0 Å². The topological polar surface area (TPSA) is 113 Å². The number of unbranched alkanes of at least 4 members (excludes halogenated alkanes) is 20. The van der Waals surface area contributed by atoms with Gasteiger partial charge < -0.3 is 15.2 Å². The molecule has 0 heterocycles. The molecule has 0 saturated carbocycles. The average Bonchev–Trinajstić information content (AvgIpc) is 2.93. The number of ether oxygens (including phenoxy) is 2. The van der Waals surface area contributed by atoms with Gasteiger partial charge in [-0.2, -0.15) is 0 Å². The molecule has 236 valence electrons. The summed E-state index contributed by atoms with van der Waals surface area (Å²) in [6.45, 7) is 4.45. The van der Waals surface area contributed by atoms with Gasteiger partial charge in [0, 0.05) is 19.3 Å². The standard InChI is InChI=1S/C33H61NO6.Na.H/c1-3-5-7-9-11-13-14-15-16-18-20-22-24-26-31(36)40-33(38)29(34)27-28-32(37)39-30(35)25-23-21-19-17-12-10-8-6-4-2;;/h29H,3-28,34H2,1-2H3;;/t29-;;/m0../s1. The molecular weight excluding hydrogens is 529 g/mol. The van der Waals surface area contributed by atoms with E-state index in [1.54, 1.807) is 0 Å². The van der Waals surface area contributed by atoms with Crippen molar-refractivity contribution in [2.24, 2.45) is 5.73 Å². The number of carbonyl (C=O) groups excluding carboxylic acids is 4. The third-order valence-corrected chi connectivity index (χ3v) is 7.37. The SMILES string of the molecule is CCCCCCCCCCCCCCCC(=O)OC(=O)[C@@H](N)CCC(=O)OC(=O)CCCCCCCCCCC.[NaH]. The molecule has 1 atom stereocenters. The summed E-state index contributed by atoms with van der Waals surface area (Å²) in [5, 5.41) is 0. The van der Waals surface area contributed by atoms with Gasteiger partial charge in [-0.05, 0) is 19.3 Å². The molecule has 7 nitrogen and oxygen atoms in total. The van der Waals surface area contributed by atoms with Crippen LogP contribution in [0, 0.1) is 0 Å². The molecule has 0 rings (SSSR count). The number of hydrogen-bond acceptors (Lipinski definition) is 7. The Bertz CT molecular complexity index is 658. The first-order valence-electron chi connectivity index (χ1n) is 16.6. The number of carbonyl (C=O) groups is 4. The maximum atomic E-state index is 12.0. The molecule has 0 aliphatic rings. The monoisotopic (exact) mass is 591 g/mol. The van der Waals surface area contributed by atoms with Crippen LogP contribution in [0.25, 0.3) is 0 Å². The average molecular weight is 592 g/mol. The predicted molar refractivity (Wildman–Crippen MR) is 169 cm³/mol. The minimum atomic E-state index is -1.10. The van der Waals surface area contributed by atoms with Crippen LogP contribution in [0.3, 0.4) is 0 Å². The Hall–Kier alpha value is -0.760. The first-order valence-corrected chi connectivity index (χ1v) is 16.6. The van der Waals surface area contributed by atoms with E-state index in [0.29, 0.717) is 12.8 Å². The summed E-state index contributed by atoms with van der Waals surface area (Å²) in [6.07, 6.45) is 26.2. The van der Waals surface area contributed by atoms with Gasteiger partial charge in [0.05, 0.1) is 0 Å². The van der Waals surface area contributed by atoms with Crippen molar-refractivity contribution in [3.63, 3.8) is 0 Å². The van der Waals surface area contributed by atoms with E-state index >= 15 is 0 Å². The van der Waals surface area contributed by atoms with Crippen LogP contribution in [0.1, 0.15) is 181 Å². The van der Waals surface area contributed by atoms with Gasteiger partial charge in [0.1, 0.15) is 6.04 Å². The zero-order valence-electron chi connectivity index (χ0n) is 26.0. The van der Waals surface area contributed by atoms with E-state index < -0.39 is 29.9 Å². The number of nitrogens with two attached hydrogens (primary N) is 1. The van der Waals surface area contributed by atoms with E-state index in [9.17, 15) is 19.2 Å². The summed E-state index contributed by atoms with van der Waals surface area (Å²) in [7, 11) is 0. The summed E-state index contributed by atoms with van der Waals surface area (Å²) in [4.78, 5) is 47.7. The number of hydrogen-bond donors (Lipinski definition) is 1. The van der Waals surface area contributed by atoms with Crippen molar-refractivity contribution in [2.45, 2.75) is 187 Å². The fraction of sp³-hybridized carbons (Fsp3) is 0.879. The van der Waals surface area contributed by atoms with E-state index in [4.69, 9.17) is 15.2 Å². The second kappa shape index (κ2) is 32.2. The molecule has 2 N–H and O–H groups in total. The van der Waals surface area contributed by atoms with E-state index in [-0.39, 0.29) is 55.2 Å². The van der Waals surface area contributed by atoms with Crippen LogP contribution in [0.2, 0.25) is 0 Å². The maximum absolute atomic E-state index is 12.0. The fourth-order valence-corrected chi connectivity index (χ4v) is 4.73. The first kappa shape index (κ1) is 42.4. The molecule has 0 bridgehead atoms. The molecule has 0 fully saturated rings. The molecule has 0 aliphatic heterocycles. The van der Waals surface area contributed by atoms with Crippen LogP contribution < -0.4 is 5.73 Å². The van der Waals surface area contributed by atoms with Crippen molar-refractivity contribution in [3.05, 3.63) is 0 Å². The molecule has 0 saturated heterocycles. The number of rotatable bonds is 28. The molecule has 0 amide bonds. The third-order valence-electron chi connectivity index (χ3n) is 7.37. The van der Waals surface area contributed by atoms with Crippen LogP contribution in [-0.4, -0.2) is 59.5 Å². The zero-order chi connectivity index (χ0) is 29.7. The third kappa shape index (κ3) is 30.5. The molecule has 0 aromatic carbocycles. The summed E-state index contributed by atoms with van der Waals surface area (Å²) < 4.78 is 9.63. The summed E-state index contributed by atoms with van der Waals surface area (Å²) in [5.41, 5.74) is 5.76.